The van der Waals surface area contributed by atoms with Crippen LogP contribution in [0.4, 0.5) is 0 Å². The van der Waals surface area contributed by atoms with Crippen LogP contribution in [0.15, 0.2) is 36.6 Å². The predicted molar refractivity (Wildman–Crippen MR) is 55.1 cm³/mol. The summed E-state index contributed by atoms with van der Waals surface area (Å²) in [7, 11) is 0. The molecule has 0 spiro atoms. The summed E-state index contributed by atoms with van der Waals surface area (Å²) in [5, 5.41) is 22.6. The third kappa shape index (κ3) is 2.19. The van der Waals surface area contributed by atoms with Gasteiger partial charge in [0.25, 0.3) is 0 Å². The first-order valence-corrected chi connectivity index (χ1v) is 4.45. The van der Waals surface area contributed by atoms with Gasteiger partial charge in [-0.3, -0.25) is 0 Å². The summed E-state index contributed by atoms with van der Waals surface area (Å²) in [6, 6.07) is 7.60. The first-order chi connectivity index (χ1) is 7.25. The molecule has 0 bridgehead atoms. The highest BCUT2D eigenvalue weighted by molar-refractivity contribution is 5.55. The number of hydrogen-bond donors (Lipinski definition) is 2. The summed E-state index contributed by atoms with van der Waals surface area (Å²) in [5.74, 6) is 0.753. The minimum absolute atomic E-state index is 0.142. The van der Waals surface area contributed by atoms with Crippen LogP contribution in [0.5, 0.6) is 0 Å². The molecule has 76 valence electrons. The van der Waals surface area contributed by atoms with Crippen molar-refractivity contribution in [1.82, 2.24) is 20.6 Å². The van der Waals surface area contributed by atoms with Crippen LogP contribution in [-0.4, -0.2) is 25.7 Å². The van der Waals surface area contributed by atoms with E-state index in [1.165, 1.54) is 0 Å². The summed E-state index contributed by atoms with van der Waals surface area (Å²) in [4.78, 5) is 0. The minimum Gasteiger partial charge on any atom is -0.513 e. The van der Waals surface area contributed by atoms with Gasteiger partial charge in [0, 0.05) is 12.0 Å². The first kappa shape index (κ1) is 9.39. The van der Waals surface area contributed by atoms with E-state index < -0.39 is 0 Å². The van der Waals surface area contributed by atoms with Gasteiger partial charge in [-0.05, 0) is 22.1 Å². The van der Waals surface area contributed by atoms with Gasteiger partial charge in [-0.2, -0.15) is 0 Å². The van der Waals surface area contributed by atoms with E-state index in [4.69, 9.17) is 5.11 Å². The molecule has 2 rings (SSSR count). The Bertz CT molecular complexity index is 464. The molecule has 5 nitrogen and oxygen atoms in total. The number of nitrogens with one attached hydrogen (secondary N) is 1. The van der Waals surface area contributed by atoms with Crippen LogP contribution in [0.3, 0.4) is 0 Å². The molecule has 0 amide bonds. The Labute approximate surface area is 86.5 Å². The average Bonchev–Trinajstić information content (AvgIpc) is 2.69. The third-order valence-corrected chi connectivity index (χ3v) is 1.95. The highest BCUT2D eigenvalue weighted by Crippen LogP contribution is 2.16. The van der Waals surface area contributed by atoms with Gasteiger partial charge in [0.05, 0.1) is 5.76 Å². The monoisotopic (exact) mass is 202 g/mol. The van der Waals surface area contributed by atoms with Crippen LogP contribution in [-0.2, 0) is 6.42 Å². The molecule has 2 aromatic rings. The summed E-state index contributed by atoms with van der Waals surface area (Å²) >= 11 is 0. The number of tetrazole rings is 1. The van der Waals surface area contributed by atoms with Gasteiger partial charge in [-0.25, -0.2) is 5.10 Å². The number of allylic oxidation sites excluding steroid dienone is 1. The Morgan fingerprint density at radius 3 is 3.00 bits per heavy atom. The van der Waals surface area contributed by atoms with Crippen molar-refractivity contribution in [3.05, 3.63) is 42.2 Å². The van der Waals surface area contributed by atoms with Crippen molar-refractivity contribution >= 4 is 0 Å². The van der Waals surface area contributed by atoms with E-state index >= 15 is 0 Å². The van der Waals surface area contributed by atoms with Crippen molar-refractivity contribution in [3.63, 3.8) is 0 Å². The number of aliphatic hydroxyl groups excluding tert-OH is 1. The molecule has 0 saturated heterocycles. The molecule has 0 fully saturated rings. The molecule has 0 aliphatic heterocycles. The molecule has 15 heavy (non-hydrogen) atoms. The lowest BCUT2D eigenvalue weighted by Gasteiger charge is -2.01. The molecule has 0 aliphatic carbocycles. The summed E-state index contributed by atoms with van der Waals surface area (Å²) in [6.07, 6.45) is 0.440. The van der Waals surface area contributed by atoms with Crippen molar-refractivity contribution in [2.45, 2.75) is 6.42 Å². The quantitative estimate of drug-likeness (QED) is 0.739. The van der Waals surface area contributed by atoms with Crippen LogP contribution < -0.4 is 0 Å². The number of benzene rings is 1. The highest BCUT2D eigenvalue weighted by Gasteiger charge is 2.03. The SMILES string of the molecule is C=C(O)Cc1cccc(-c2nnn[nH]2)c1. The van der Waals surface area contributed by atoms with Crippen molar-refractivity contribution in [2.24, 2.45) is 0 Å². The number of hydrogen-bond acceptors (Lipinski definition) is 4. The van der Waals surface area contributed by atoms with Gasteiger partial charge in [0.15, 0.2) is 5.82 Å². The zero-order valence-electron chi connectivity index (χ0n) is 8.01. The number of aromatic nitrogens is 4. The molecule has 0 unspecified atom stereocenters. The van der Waals surface area contributed by atoms with Gasteiger partial charge in [-0.15, -0.1) is 5.10 Å². The van der Waals surface area contributed by atoms with Crippen LogP contribution in [0.2, 0.25) is 0 Å². The molecular weight excluding hydrogens is 192 g/mol. The molecule has 0 atom stereocenters. The molecule has 0 radical (unpaired) electrons. The normalized spacial score (nSPS) is 10.1. The molecule has 5 heteroatoms. The lowest BCUT2D eigenvalue weighted by molar-refractivity contribution is 0.401. The van der Waals surface area contributed by atoms with Gasteiger partial charge in [0.1, 0.15) is 0 Å². The molecule has 1 aromatic heterocycles. The second kappa shape index (κ2) is 3.91. The van der Waals surface area contributed by atoms with Crippen molar-refractivity contribution in [1.29, 1.82) is 0 Å². The van der Waals surface area contributed by atoms with E-state index in [1.807, 2.05) is 24.3 Å². The van der Waals surface area contributed by atoms with Gasteiger partial charge in [-0.1, -0.05) is 24.8 Å². The Hall–Kier alpha value is -2.17. The summed E-state index contributed by atoms with van der Waals surface area (Å²) < 4.78 is 0. The Morgan fingerprint density at radius 1 is 1.47 bits per heavy atom. The lowest BCUT2D eigenvalue weighted by Crippen LogP contribution is -1.89. The van der Waals surface area contributed by atoms with E-state index in [-0.39, 0.29) is 5.76 Å². The fourth-order valence-corrected chi connectivity index (χ4v) is 1.35. The Kier molecular flexibility index (Phi) is 2.45. The fraction of sp³-hybridized carbons (Fsp3) is 0.100. The molecular formula is C10H10N4O. The summed E-state index contributed by atoms with van der Waals surface area (Å²) in [6.45, 7) is 3.45. The predicted octanol–water partition coefficient (Wildman–Crippen LogP) is 1.48. The average molecular weight is 202 g/mol. The molecule has 0 saturated carbocycles. The number of H-pyrrole nitrogens is 1. The Morgan fingerprint density at radius 2 is 2.33 bits per heavy atom. The smallest absolute Gasteiger partial charge is 0.179 e. The van der Waals surface area contributed by atoms with Gasteiger partial charge >= 0.3 is 0 Å². The lowest BCUT2D eigenvalue weighted by atomic mass is 10.1. The molecule has 1 aromatic carbocycles. The second-order valence-electron chi connectivity index (χ2n) is 3.19. The zero-order valence-corrected chi connectivity index (χ0v) is 8.01. The third-order valence-electron chi connectivity index (χ3n) is 1.95. The molecule has 0 aliphatic rings. The second-order valence-corrected chi connectivity index (χ2v) is 3.19. The maximum atomic E-state index is 9.08. The van der Waals surface area contributed by atoms with Crippen molar-refractivity contribution in [3.8, 4) is 11.4 Å². The van der Waals surface area contributed by atoms with E-state index in [9.17, 15) is 0 Å². The Balaban J connectivity index is 2.31. The number of aliphatic hydroxyl groups is 1. The van der Waals surface area contributed by atoms with Crippen LogP contribution in [0.25, 0.3) is 11.4 Å². The zero-order chi connectivity index (χ0) is 10.7. The van der Waals surface area contributed by atoms with E-state index in [0.717, 1.165) is 11.1 Å². The number of rotatable bonds is 3. The van der Waals surface area contributed by atoms with Crippen LogP contribution in [0, 0.1) is 0 Å². The minimum atomic E-state index is 0.142. The highest BCUT2D eigenvalue weighted by atomic mass is 16.3. The van der Waals surface area contributed by atoms with Gasteiger partial charge < -0.3 is 5.11 Å². The maximum Gasteiger partial charge on any atom is 0.179 e. The number of nitrogens with zero attached hydrogens (tertiary/aromatic N) is 3. The van der Waals surface area contributed by atoms with Crippen LogP contribution in [0.1, 0.15) is 5.56 Å². The van der Waals surface area contributed by atoms with E-state index in [2.05, 4.69) is 27.2 Å². The standard InChI is InChI=1S/C10H10N4O/c1-7(15)5-8-3-2-4-9(6-8)10-11-13-14-12-10/h2-4,6,15H,1,5H2,(H,11,12,13,14). The van der Waals surface area contributed by atoms with Gasteiger partial charge in [0.2, 0.25) is 0 Å². The van der Waals surface area contributed by atoms with Crippen molar-refractivity contribution < 1.29 is 5.11 Å². The van der Waals surface area contributed by atoms with E-state index in [1.54, 1.807) is 0 Å². The molecule has 2 N–H and O–H groups in total. The van der Waals surface area contributed by atoms with Crippen molar-refractivity contribution in [2.75, 3.05) is 0 Å². The topological polar surface area (TPSA) is 74.7 Å². The molecule has 1 heterocycles. The van der Waals surface area contributed by atoms with Crippen LogP contribution >= 0.6 is 0 Å². The maximum absolute atomic E-state index is 9.08. The fourth-order valence-electron chi connectivity index (χ4n) is 1.35. The summed E-state index contributed by atoms with van der Waals surface area (Å²) in [5.41, 5.74) is 1.86. The van der Waals surface area contributed by atoms with E-state index in [0.29, 0.717) is 12.2 Å². The largest absolute Gasteiger partial charge is 0.513 e. The number of aromatic amines is 1. The first-order valence-electron chi connectivity index (χ1n) is 4.45.